The molecule has 0 bridgehead atoms. The van der Waals surface area contributed by atoms with Gasteiger partial charge in [0.1, 0.15) is 0 Å². The second kappa shape index (κ2) is 4.24. The molecule has 0 aromatic rings. The van der Waals surface area contributed by atoms with Crippen molar-refractivity contribution < 1.29 is 4.74 Å². The zero-order chi connectivity index (χ0) is 8.23. The monoisotopic (exact) mass is 169 g/mol. The van der Waals surface area contributed by atoms with Crippen molar-refractivity contribution in [2.75, 3.05) is 13.2 Å². The van der Waals surface area contributed by atoms with Crippen LogP contribution in [0.1, 0.15) is 38.5 Å². The normalized spacial score (nSPS) is 31.5. The molecule has 1 unspecified atom stereocenters. The van der Waals surface area contributed by atoms with E-state index in [2.05, 4.69) is 5.32 Å². The molecule has 1 heterocycles. The van der Waals surface area contributed by atoms with E-state index in [1.165, 1.54) is 38.5 Å². The van der Waals surface area contributed by atoms with Crippen LogP contribution in [0.5, 0.6) is 0 Å². The van der Waals surface area contributed by atoms with Crippen molar-refractivity contribution in [3.63, 3.8) is 0 Å². The third-order valence-corrected chi connectivity index (χ3v) is 3.03. The third-order valence-electron chi connectivity index (χ3n) is 3.03. The quantitative estimate of drug-likeness (QED) is 0.694. The summed E-state index contributed by atoms with van der Waals surface area (Å²) in [5.41, 5.74) is 0. The van der Waals surface area contributed by atoms with Crippen LogP contribution in [0.15, 0.2) is 0 Å². The highest BCUT2D eigenvalue weighted by Gasteiger charge is 2.20. The number of nitrogens with one attached hydrogen (secondary N) is 1. The molecule has 1 saturated carbocycles. The fraction of sp³-hybridized carbons (Fsp3) is 1.00. The first kappa shape index (κ1) is 8.52. The van der Waals surface area contributed by atoms with Gasteiger partial charge in [0.2, 0.25) is 0 Å². The van der Waals surface area contributed by atoms with Gasteiger partial charge in [0.05, 0.1) is 6.10 Å². The lowest BCUT2D eigenvalue weighted by Gasteiger charge is -2.30. The van der Waals surface area contributed by atoms with Crippen molar-refractivity contribution in [1.82, 2.24) is 5.32 Å². The summed E-state index contributed by atoms with van der Waals surface area (Å²) < 4.78 is 5.36. The molecule has 70 valence electrons. The maximum absolute atomic E-state index is 5.36. The molecule has 2 aliphatic rings. The van der Waals surface area contributed by atoms with Crippen molar-refractivity contribution in [1.29, 1.82) is 0 Å². The first-order chi connectivity index (χ1) is 5.95. The van der Waals surface area contributed by atoms with Crippen LogP contribution in [-0.2, 0) is 4.74 Å². The van der Waals surface area contributed by atoms with Gasteiger partial charge >= 0.3 is 0 Å². The van der Waals surface area contributed by atoms with Crippen LogP contribution in [0, 0.1) is 0 Å². The first-order valence-electron chi connectivity index (χ1n) is 5.30. The van der Waals surface area contributed by atoms with Crippen LogP contribution >= 0.6 is 0 Å². The molecule has 12 heavy (non-hydrogen) atoms. The molecule has 0 spiro atoms. The Hall–Kier alpha value is -0.0800. The van der Waals surface area contributed by atoms with Gasteiger partial charge in [0.25, 0.3) is 0 Å². The lowest BCUT2D eigenvalue weighted by molar-refractivity contribution is -0.0499. The predicted octanol–water partition coefficient (Wildman–Crippen LogP) is 1.70. The lowest BCUT2D eigenvalue weighted by Crippen LogP contribution is -2.42. The van der Waals surface area contributed by atoms with Crippen LogP contribution in [0.2, 0.25) is 0 Å². The van der Waals surface area contributed by atoms with E-state index in [-0.39, 0.29) is 0 Å². The SMILES string of the molecule is C1CCC(NCC2CCO2)CC1. The number of hydrogen-bond donors (Lipinski definition) is 1. The highest BCUT2D eigenvalue weighted by Crippen LogP contribution is 2.18. The van der Waals surface area contributed by atoms with E-state index in [4.69, 9.17) is 4.74 Å². The highest BCUT2D eigenvalue weighted by atomic mass is 16.5. The molecule has 1 aliphatic carbocycles. The Kier molecular flexibility index (Phi) is 3.01. The van der Waals surface area contributed by atoms with Gasteiger partial charge in [-0.2, -0.15) is 0 Å². The van der Waals surface area contributed by atoms with Crippen molar-refractivity contribution >= 4 is 0 Å². The Morgan fingerprint density at radius 3 is 2.42 bits per heavy atom. The van der Waals surface area contributed by atoms with Gasteiger partial charge < -0.3 is 10.1 Å². The average Bonchev–Trinajstić information content (AvgIpc) is 2.04. The summed E-state index contributed by atoms with van der Waals surface area (Å²) >= 11 is 0. The van der Waals surface area contributed by atoms with Crippen molar-refractivity contribution in [3.8, 4) is 0 Å². The fourth-order valence-electron chi connectivity index (χ4n) is 2.05. The molecular formula is C10H19NO. The smallest absolute Gasteiger partial charge is 0.0721 e. The molecule has 0 aromatic carbocycles. The topological polar surface area (TPSA) is 21.3 Å². The Bertz CT molecular complexity index is 128. The maximum atomic E-state index is 5.36. The van der Waals surface area contributed by atoms with Gasteiger partial charge in [-0.15, -0.1) is 0 Å². The van der Waals surface area contributed by atoms with Crippen LogP contribution in [0.4, 0.5) is 0 Å². The number of hydrogen-bond acceptors (Lipinski definition) is 2. The molecule has 1 atom stereocenters. The molecule has 0 amide bonds. The maximum Gasteiger partial charge on any atom is 0.0721 e. The van der Waals surface area contributed by atoms with Crippen molar-refractivity contribution in [2.45, 2.75) is 50.7 Å². The fourth-order valence-corrected chi connectivity index (χ4v) is 2.05. The summed E-state index contributed by atoms with van der Waals surface area (Å²) in [6, 6.07) is 0.794. The van der Waals surface area contributed by atoms with E-state index >= 15 is 0 Å². The van der Waals surface area contributed by atoms with Crippen molar-refractivity contribution in [3.05, 3.63) is 0 Å². The van der Waals surface area contributed by atoms with E-state index in [1.807, 2.05) is 0 Å². The summed E-state index contributed by atoms with van der Waals surface area (Å²) in [7, 11) is 0. The van der Waals surface area contributed by atoms with Gasteiger partial charge in [-0.05, 0) is 19.3 Å². The lowest BCUT2D eigenvalue weighted by atomic mass is 9.95. The Morgan fingerprint density at radius 2 is 1.83 bits per heavy atom. The first-order valence-corrected chi connectivity index (χ1v) is 5.30. The van der Waals surface area contributed by atoms with Crippen LogP contribution in [0.3, 0.4) is 0 Å². The third kappa shape index (κ3) is 2.20. The molecular weight excluding hydrogens is 150 g/mol. The molecule has 1 N–H and O–H groups in total. The van der Waals surface area contributed by atoms with Gasteiger partial charge in [0, 0.05) is 19.2 Å². The molecule has 0 radical (unpaired) electrons. The minimum absolute atomic E-state index is 0.534. The van der Waals surface area contributed by atoms with Crippen molar-refractivity contribution in [2.24, 2.45) is 0 Å². The van der Waals surface area contributed by atoms with Gasteiger partial charge in [-0.3, -0.25) is 0 Å². The summed E-state index contributed by atoms with van der Waals surface area (Å²) in [5.74, 6) is 0. The second-order valence-corrected chi connectivity index (χ2v) is 4.02. The van der Waals surface area contributed by atoms with Gasteiger partial charge in [0.15, 0.2) is 0 Å². The minimum atomic E-state index is 0.534. The zero-order valence-corrected chi connectivity index (χ0v) is 7.72. The molecule has 1 saturated heterocycles. The standard InChI is InChI=1S/C10H19NO/c1-2-4-9(5-3-1)11-8-10-6-7-12-10/h9-11H,1-8H2. The average molecular weight is 169 g/mol. The molecule has 2 rings (SSSR count). The van der Waals surface area contributed by atoms with E-state index in [9.17, 15) is 0 Å². The number of ether oxygens (including phenoxy) is 1. The minimum Gasteiger partial charge on any atom is -0.377 e. The zero-order valence-electron chi connectivity index (χ0n) is 7.72. The predicted molar refractivity (Wildman–Crippen MR) is 49.2 cm³/mol. The van der Waals surface area contributed by atoms with E-state index in [0.717, 1.165) is 19.2 Å². The summed E-state index contributed by atoms with van der Waals surface area (Å²) in [4.78, 5) is 0. The summed E-state index contributed by atoms with van der Waals surface area (Å²) in [6.45, 7) is 2.07. The van der Waals surface area contributed by atoms with Gasteiger partial charge in [-0.25, -0.2) is 0 Å². The van der Waals surface area contributed by atoms with E-state index in [0.29, 0.717) is 6.10 Å². The molecule has 2 nitrogen and oxygen atoms in total. The van der Waals surface area contributed by atoms with E-state index in [1.54, 1.807) is 0 Å². The summed E-state index contributed by atoms with van der Waals surface area (Å²) in [5, 5.41) is 3.60. The second-order valence-electron chi connectivity index (χ2n) is 4.02. The summed E-state index contributed by atoms with van der Waals surface area (Å²) in [6.07, 6.45) is 8.84. The Morgan fingerprint density at radius 1 is 1.08 bits per heavy atom. The molecule has 0 aromatic heterocycles. The van der Waals surface area contributed by atoms with Crippen LogP contribution in [-0.4, -0.2) is 25.3 Å². The van der Waals surface area contributed by atoms with E-state index < -0.39 is 0 Å². The Balaban J connectivity index is 1.58. The largest absolute Gasteiger partial charge is 0.377 e. The molecule has 2 fully saturated rings. The molecule has 2 heteroatoms. The molecule has 1 aliphatic heterocycles. The van der Waals surface area contributed by atoms with Gasteiger partial charge in [-0.1, -0.05) is 19.3 Å². The number of rotatable bonds is 3. The van der Waals surface area contributed by atoms with Crippen LogP contribution < -0.4 is 5.32 Å². The highest BCUT2D eigenvalue weighted by molar-refractivity contribution is 4.76. The Labute approximate surface area is 74.7 Å². The van der Waals surface area contributed by atoms with Crippen LogP contribution in [0.25, 0.3) is 0 Å².